The van der Waals surface area contributed by atoms with Crippen LogP contribution >= 0.6 is 24.0 Å². The molecule has 0 spiro atoms. The molecule has 1 unspecified atom stereocenters. The lowest BCUT2D eigenvalue weighted by atomic mass is 10.2. The summed E-state index contributed by atoms with van der Waals surface area (Å²) in [5.74, 6) is 1.37. The maximum absolute atomic E-state index is 13.0. The van der Waals surface area contributed by atoms with Crippen LogP contribution in [0.15, 0.2) is 29.3 Å². The van der Waals surface area contributed by atoms with Crippen LogP contribution in [0.5, 0.6) is 5.75 Å². The second-order valence-corrected chi connectivity index (χ2v) is 7.07. The van der Waals surface area contributed by atoms with Crippen molar-refractivity contribution in [1.82, 2.24) is 15.5 Å². The minimum absolute atomic E-state index is 0. The minimum Gasteiger partial charge on any atom is -0.489 e. The monoisotopic (exact) mass is 520 g/mol. The standard InChI is InChI=1S/C21H33FN4O2.HI/c1-3-23-21(24-13-7-15-26-14-6-4-5-8-20(26)27)25-16-17(2)28-19-11-9-18(22)10-12-19;/h9-12,17H,3-8,13-16H2,1-2H3,(H2,23,24,25);1H. The lowest BCUT2D eigenvalue weighted by molar-refractivity contribution is -0.130. The molecular formula is C21H34FIN4O2. The zero-order valence-corrected chi connectivity index (χ0v) is 19.8. The number of nitrogens with one attached hydrogen (secondary N) is 2. The van der Waals surface area contributed by atoms with Crippen molar-refractivity contribution in [2.75, 3.05) is 32.7 Å². The van der Waals surface area contributed by atoms with Crippen LogP contribution < -0.4 is 15.4 Å². The van der Waals surface area contributed by atoms with E-state index in [4.69, 9.17) is 4.74 Å². The molecule has 2 rings (SSSR count). The van der Waals surface area contributed by atoms with Crippen molar-refractivity contribution < 1.29 is 13.9 Å². The topological polar surface area (TPSA) is 66.0 Å². The molecule has 164 valence electrons. The van der Waals surface area contributed by atoms with Crippen molar-refractivity contribution in [2.24, 2.45) is 4.99 Å². The number of carbonyl (C=O) groups excluding carboxylic acids is 1. The van der Waals surface area contributed by atoms with Gasteiger partial charge in [0.2, 0.25) is 5.91 Å². The van der Waals surface area contributed by atoms with Gasteiger partial charge < -0.3 is 20.3 Å². The Morgan fingerprint density at radius 1 is 1.24 bits per heavy atom. The molecule has 1 aromatic carbocycles. The van der Waals surface area contributed by atoms with Crippen molar-refractivity contribution in [3.05, 3.63) is 30.1 Å². The molecule has 0 saturated carbocycles. The van der Waals surface area contributed by atoms with Crippen LogP contribution in [-0.2, 0) is 4.79 Å². The number of aliphatic imine (C=N–C) groups is 1. The fourth-order valence-electron chi connectivity index (χ4n) is 3.10. The Kier molecular flexibility index (Phi) is 12.6. The van der Waals surface area contributed by atoms with Gasteiger partial charge in [-0.05, 0) is 57.4 Å². The molecule has 8 heteroatoms. The summed E-state index contributed by atoms with van der Waals surface area (Å²) in [6.45, 7) is 7.62. The second kappa shape index (κ2) is 14.4. The average Bonchev–Trinajstić information content (AvgIpc) is 2.89. The highest BCUT2D eigenvalue weighted by Gasteiger charge is 2.15. The number of amides is 1. The van der Waals surface area contributed by atoms with Crippen LogP contribution in [0.1, 0.15) is 46.0 Å². The quantitative estimate of drug-likeness (QED) is 0.226. The van der Waals surface area contributed by atoms with Gasteiger partial charge in [-0.2, -0.15) is 0 Å². The summed E-state index contributed by atoms with van der Waals surface area (Å²) in [5.41, 5.74) is 0. The van der Waals surface area contributed by atoms with Gasteiger partial charge >= 0.3 is 0 Å². The number of halogens is 2. The summed E-state index contributed by atoms with van der Waals surface area (Å²) in [7, 11) is 0. The van der Waals surface area contributed by atoms with E-state index in [1.165, 1.54) is 12.1 Å². The number of rotatable bonds is 9. The molecule has 0 bridgehead atoms. The zero-order valence-electron chi connectivity index (χ0n) is 17.5. The summed E-state index contributed by atoms with van der Waals surface area (Å²) in [5, 5.41) is 6.53. The SMILES string of the molecule is CCNC(=NCC(C)Oc1ccc(F)cc1)NCCCN1CCCCCC1=O.I. The van der Waals surface area contributed by atoms with Gasteiger partial charge in [0.1, 0.15) is 17.7 Å². The van der Waals surface area contributed by atoms with Crippen molar-refractivity contribution >= 4 is 35.8 Å². The lowest BCUT2D eigenvalue weighted by Crippen LogP contribution is -2.40. The molecule has 1 amide bonds. The molecule has 1 aliphatic heterocycles. The maximum Gasteiger partial charge on any atom is 0.222 e. The van der Waals surface area contributed by atoms with Crippen molar-refractivity contribution in [1.29, 1.82) is 0 Å². The van der Waals surface area contributed by atoms with Gasteiger partial charge in [0, 0.05) is 32.6 Å². The molecule has 0 radical (unpaired) electrons. The Balaban J connectivity index is 0.00000420. The molecule has 1 atom stereocenters. The van der Waals surface area contributed by atoms with E-state index in [0.717, 1.165) is 57.8 Å². The van der Waals surface area contributed by atoms with Crippen LogP contribution in [-0.4, -0.2) is 55.6 Å². The predicted molar refractivity (Wildman–Crippen MR) is 126 cm³/mol. The van der Waals surface area contributed by atoms with Gasteiger partial charge in [0.25, 0.3) is 0 Å². The molecule has 1 heterocycles. The summed E-state index contributed by atoms with van der Waals surface area (Å²) >= 11 is 0. The highest BCUT2D eigenvalue weighted by Crippen LogP contribution is 2.13. The van der Waals surface area contributed by atoms with Crippen LogP contribution in [0.3, 0.4) is 0 Å². The smallest absolute Gasteiger partial charge is 0.222 e. The van der Waals surface area contributed by atoms with Crippen molar-refractivity contribution in [2.45, 2.75) is 52.1 Å². The number of benzene rings is 1. The highest BCUT2D eigenvalue weighted by molar-refractivity contribution is 14.0. The fourth-order valence-corrected chi connectivity index (χ4v) is 3.10. The van der Waals surface area contributed by atoms with Crippen molar-refractivity contribution in [3.63, 3.8) is 0 Å². The molecule has 1 fully saturated rings. The van der Waals surface area contributed by atoms with E-state index in [2.05, 4.69) is 15.6 Å². The molecular weight excluding hydrogens is 486 g/mol. The van der Waals surface area contributed by atoms with Crippen LogP contribution in [0, 0.1) is 5.82 Å². The molecule has 1 saturated heterocycles. The second-order valence-electron chi connectivity index (χ2n) is 7.07. The molecule has 6 nitrogen and oxygen atoms in total. The maximum atomic E-state index is 13.0. The van der Waals surface area contributed by atoms with E-state index in [1.54, 1.807) is 12.1 Å². The normalized spacial score (nSPS) is 15.9. The number of hydrogen-bond acceptors (Lipinski definition) is 3. The largest absolute Gasteiger partial charge is 0.489 e. The third kappa shape index (κ3) is 10.1. The van der Waals surface area contributed by atoms with E-state index in [1.807, 2.05) is 18.7 Å². The first-order valence-corrected chi connectivity index (χ1v) is 10.3. The Labute approximate surface area is 190 Å². The Morgan fingerprint density at radius 2 is 2.00 bits per heavy atom. The molecule has 29 heavy (non-hydrogen) atoms. The van der Waals surface area contributed by atoms with E-state index in [9.17, 15) is 9.18 Å². The Morgan fingerprint density at radius 3 is 2.72 bits per heavy atom. The van der Waals surface area contributed by atoms with Crippen molar-refractivity contribution in [3.8, 4) is 5.75 Å². The first kappa shape index (κ1) is 25.5. The summed E-state index contributed by atoms with van der Waals surface area (Å²) in [6, 6.07) is 5.99. The predicted octanol–water partition coefficient (Wildman–Crippen LogP) is 3.56. The Bertz CT molecular complexity index is 628. The van der Waals surface area contributed by atoms with Gasteiger partial charge in [-0.1, -0.05) is 6.42 Å². The zero-order chi connectivity index (χ0) is 20.2. The summed E-state index contributed by atoms with van der Waals surface area (Å²) in [4.78, 5) is 18.6. The summed E-state index contributed by atoms with van der Waals surface area (Å²) in [6.07, 6.45) is 4.71. The van der Waals surface area contributed by atoms with Gasteiger partial charge in [-0.25, -0.2) is 9.38 Å². The molecule has 1 aliphatic rings. The summed E-state index contributed by atoms with van der Waals surface area (Å²) < 4.78 is 18.7. The number of ether oxygens (including phenoxy) is 1. The highest BCUT2D eigenvalue weighted by atomic mass is 127. The molecule has 0 aromatic heterocycles. The Hall–Kier alpha value is -1.58. The van der Waals surface area contributed by atoms with Crippen LogP contribution in [0.4, 0.5) is 4.39 Å². The number of nitrogens with zero attached hydrogens (tertiary/aromatic N) is 2. The number of hydrogen-bond donors (Lipinski definition) is 2. The average molecular weight is 520 g/mol. The molecule has 2 N–H and O–H groups in total. The van der Waals surface area contributed by atoms with E-state index >= 15 is 0 Å². The number of guanidine groups is 1. The third-order valence-electron chi connectivity index (χ3n) is 4.57. The number of carbonyl (C=O) groups is 1. The molecule has 1 aromatic rings. The van der Waals surface area contributed by atoms with E-state index < -0.39 is 0 Å². The van der Waals surface area contributed by atoms with Gasteiger partial charge in [0.05, 0.1) is 6.54 Å². The first-order valence-electron chi connectivity index (χ1n) is 10.3. The van der Waals surface area contributed by atoms with Crippen LogP contribution in [0.2, 0.25) is 0 Å². The fraction of sp³-hybridized carbons (Fsp3) is 0.619. The number of likely N-dealkylation sites (tertiary alicyclic amines) is 1. The molecule has 0 aliphatic carbocycles. The van der Waals surface area contributed by atoms with Crippen LogP contribution in [0.25, 0.3) is 0 Å². The van der Waals surface area contributed by atoms with E-state index in [-0.39, 0.29) is 41.8 Å². The van der Waals surface area contributed by atoms with Gasteiger partial charge in [-0.3, -0.25) is 4.79 Å². The van der Waals surface area contributed by atoms with Gasteiger partial charge in [0.15, 0.2) is 5.96 Å². The first-order chi connectivity index (χ1) is 13.6. The van der Waals surface area contributed by atoms with Gasteiger partial charge in [-0.15, -0.1) is 24.0 Å². The third-order valence-corrected chi connectivity index (χ3v) is 4.57. The van der Waals surface area contributed by atoms with E-state index in [0.29, 0.717) is 18.7 Å². The minimum atomic E-state index is -0.279. The lowest BCUT2D eigenvalue weighted by Gasteiger charge is -2.21.